The Labute approximate surface area is 148 Å². The number of aromatic nitrogens is 2. The third kappa shape index (κ3) is 2.52. The van der Waals surface area contributed by atoms with Gasteiger partial charge in [0, 0.05) is 20.0 Å². The molecule has 1 aliphatic carbocycles. The first-order valence-electron chi connectivity index (χ1n) is 8.86. The van der Waals surface area contributed by atoms with E-state index in [2.05, 4.69) is 10.1 Å². The SMILES string of the molecule is CCc1ccccc1S(=O)(=O)N1C[C@H]2CCC[C@@]2(c2noc(C)n2)C1. The minimum atomic E-state index is -3.52. The average molecular weight is 361 g/mol. The number of benzene rings is 1. The van der Waals surface area contributed by atoms with Crippen LogP contribution < -0.4 is 0 Å². The van der Waals surface area contributed by atoms with Gasteiger partial charge >= 0.3 is 0 Å². The second kappa shape index (κ2) is 5.92. The van der Waals surface area contributed by atoms with Crippen molar-refractivity contribution in [3.63, 3.8) is 0 Å². The van der Waals surface area contributed by atoms with Crippen LogP contribution >= 0.6 is 0 Å². The highest BCUT2D eigenvalue weighted by Gasteiger charge is 2.56. The van der Waals surface area contributed by atoms with Crippen molar-refractivity contribution >= 4 is 10.0 Å². The molecule has 134 valence electrons. The number of rotatable bonds is 4. The van der Waals surface area contributed by atoms with Crippen LogP contribution in [0.2, 0.25) is 0 Å². The fraction of sp³-hybridized carbons (Fsp3) is 0.556. The van der Waals surface area contributed by atoms with Gasteiger partial charge < -0.3 is 4.52 Å². The van der Waals surface area contributed by atoms with Crippen molar-refractivity contribution in [2.24, 2.45) is 5.92 Å². The Morgan fingerprint density at radius 3 is 2.88 bits per heavy atom. The van der Waals surface area contributed by atoms with Crippen LogP contribution in [0.1, 0.15) is 43.5 Å². The fourth-order valence-electron chi connectivity index (χ4n) is 4.48. The van der Waals surface area contributed by atoms with Crippen LogP contribution in [-0.4, -0.2) is 36.0 Å². The predicted octanol–water partition coefficient (Wildman–Crippen LogP) is 2.68. The molecule has 25 heavy (non-hydrogen) atoms. The molecule has 0 amide bonds. The zero-order chi connectivity index (χ0) is 17.7. The van der Waals surface area contributed by atoms with E-state index in [1.807, 2.05) is 19.1 Å². The summed E-state index contributed by atoms with van der Waals surface area (Å²) in [5, 5.41) is 4.15. The maximum atomic E-state index is 13.3. The van der Waals surface area contributed by atoms with Crippen LogP contribution in [0.3, 0.4) is 0 Å². The van der Waals surface area contributed by atoms with Gasteiger partial charge in [0.1, 0.15) is 0 Å². The lowest BCUT2D eigenvalue weighted by Crippen LogP contribution is -2.35. The van der Waals surface area contributed by atoms with E-state index in [4.69, 9.17) is 4.52 Å². The number of aryl methyl sites for hydroxylation is 2. The zero-order valence-corrected chi connectivity index (χ0v) is 15.4. The molecule has 2 heterocycles. The van der Waals surface area contributed by atoms with Crippen molar-refractivity contribution in [3.8, 4) is 0 Å². The normalized spacial score (nSPS) is 26.9. The summed E-state index contributed by atoms with van der Waals surface area (Å²) in [7, 11) is -3.52. The van der Waals surface area contributed by atoms with Crippen LogP contribution in [0, 0.1) is 12.8 Å². The van der Waals surface area contributed by atoms with Gasteiger partial charge in [0.2, 0.25) is 15.9 Å². The van der Waals surface area contributed by atoms with Gasteiger partial charge in [-0.25, -0.2) is 8.42 Å². The third-order valence-corrected chi connectivity index (χ3v) is 7.70. The molecular formula is C18H23N3O3S. The topological polar surface area (TPSA) is 76.3 Å². The summed E-state index contributed by atoms with van der Waals surface area (Å²) in [5.74, 6) is 1.47. The lowest BCUT2D eigenvalue weighted by Gasteiger charge is -2.25. The molecule has 2 fully saturated rings. The number of hydrogen-bond acceptors (Lipinski definition) is 5. The summed E-state index contributed by atoms with van der Waals surface area (Å²) in [4.78, 5) is 4.88. The third-order valence-electron chi connectivity index (χ3n) is 5.78. The van der Waals surface area contributed by atoms with Crippen LogP contribution in [0.25, 0.3) is 0 Å². The lowest BCUT2D eigenvalue weighted by atomic mass is 9.80. The van der Waals surface area contributed by atoms with Gasteiger partial charge in [-0.05, 0) is 36.8 Å². The Balaban J connectivity index is 1.72. The van der Waals surface area contributed by atoms with Crippen molar-refractivity contribution < 1.29 is 12.9 Å². The molecule has 1 aliphatic heterocycles. The zero-order valence-electron chi connectivity index (χ0n) is 14.6. The largest absolute Gasteiger partial charge is 0.340 e. The molecule has 0 unspecified atom stereocenters. The Morgan fingerprint density at radius 1 is 1.36 bits per heavy atom. The van der Waals surface area contributed by atoms with Gasteiger partial charge in [-0.15, -0.1) is 0 Å². The molecule has 1 saturated heterocycles. The number of hydrogen-bond donors (Lipinski definition) is 0. The standard InChI is InChI=1S/C18H23N3O3S/c1-3-14-7-4-5-9-16(14)25(22,23)21-11-15-8-6-10-18(15,12-21)17-19-13(2)24-20-17/h4-5,7,9,15H,3,6,8,10-12H2,1-2H3/t15-,18-/m1/s1. The summed E-state index contributed by atoms with van der Waals surface area (Å²) >= 11 is 0. The summed E-state index contributed by atoms with van der Waals surface area (Å²) in [5.41, 5.74) is 0.565. The summed E-state index contributed by atoms with van der Waals surface area (Å²) in [6.07, 6.45) is 3.70. The van der Waals surface area contributed by atoms with Crippen LogP contribution in [0.4, 0.5) is 0 Å². The summed E-state index contributed by atoms with van der Waals surface area (Å²) in [6, 6.07) is 7.29. The van der Waals surface area contributed by atoms with E-state index >= 15 is 0 Å². The first-order chi connectivity index (χ1) is 12.0. The first kappa shape index (κ1) is 16.7. The van der Waals surface area contributed by atoms with E-state index in [0.717, 1.165) is 24.8 Å². The van der Waals surface area contributed by atoms with Crippen LogP contribution in [0.5, 0.6) is 0 Å². The van der Waals surface area contributed by atoms with Crippen molar-refractivity contribution in [1.29, 1.82) is 0 Å². The molecule has 1 aromatic carbocycles. The fourth-order valence-corrected chi connectivity index (χ4v) is 6.33. The predicted molar refractivity (Wildman–Crippen MR) is 92.6 cm³/mol. The van der Waals surface area contributed by atoms with Crippen LogP contribution in [0.15, 0.2) is 33.7 Å². The molecular weight excluding hydrogens is 338 g/mol. The van der Waals surface area contributed by atoms with E-state index in [1.165, 1.54) is 0 Å². The molecule has 4 rings (SSSR count). The van der Waals surface area contributed by atoms with Crippen LogP contribution in [-0.2, 0) is 21.9 Å². The lowest BCUT2D eigenvalue weighted by molar-refractivity contribution is 0.332. The number of fused-ring (bicyclic) bond motifs is 1. The molecule has 7 heteroatoms. The number of sulfonamides is 1. The van der Waals surface area contributed by atoms with Crippen molar-refractivity contribution in [2.45, 2.75) is 49.8 Å². The molecule has 6 nitrogen and oxygen atoms in total. The maximum absolute atomic E-state index is 13.3. The van der Waals surface area contributed by atoms with Crippen molar-refractivity contribution in [3.05, 3.63) is 41.5 Å². The quantitative estimate of drug-likeness (QED) is 0.837. The van der Waals surface area contributed by atoms with Gasteiger partial charge in [0.15, 0.2) is 5.82 Å². The average Bonchev–Trinajstić information content (AvgIpc) is 3.28. The Morgan fingerprint density at radius 2 is 2.16 bits per heavy atom. The van der Waals surface area contributed by atoms with Gasteiger partial charge in [-0.2, -0.15) is 9.29 Å². The van der Waals surface area contributed by atoms with Crippen molar-refractivity contribution in [1.82, 2.24) is 14.4 Å². The molecule has 2 atom stereocenters. The van der Waals surface area contributed by atoms with E-state index in [-0.39, 0.29) is 11.3 Å². The molecule has 2 aliphatic rings. The van der Waals surface area contributed by atoms with E-state index in [1.54, 1.807) is 23.4 Å². The number of nitrogens with zero attached hydrogens (tertiary/aromatic N) is 3. The molecule has 0 radical (unpaired) electrons. The Bertz CT molecular complexity index is 892. The monoisotopic (exact) mass is 361 g/mol. The molecule has 2 aromatic rings. The molecule has 1 aromatic heterocycles. The van der Waals surface area contributed by atoms with E-state index in [9.17, 15) is 8.42 Å². The van der Waals surface area contributed by atoms with E-state index < -0.39 is 10.0 Å². The maximum Gasteiger partial charge on any atom is 0.243 e. The Kier molecular flexibility index (Phi) is 3.96. The summed E-state index contributed by atoms with van der Waals surface area (Å²) in [6.45, 7) is 4.74. The second-order valence-electron chi connectivity index (χ2n) is 7.14. The van der Waals surface area contributed by atoms with E-state index in [0.29, 0.717) is 36.1 Å². The highest BCUT2D eigenvalue weighted by atomic mass is 32.2. The second-order valence-corrected chi connectivity index (χ2v) is 9.05. The minimum absolute atomic E-state index is 0.257. The highest BCUT2D eigenvalue weighted by Crippen LogP contribution is 2.50. The molecule has 0 spiro atoms. The molecule has 0 bridgehead atoms. The molecule has 1 saturated carbocycles. The van der Waals surface area contributed by atoms with Gasteiger partial charge in [-0.1, -0.05) is 36.7 Å². The molecule has 0 N–H and O–H groups in total. The minimum Gasteiger partial charge on any atom is -0.340 e. The Hall–Kier alpha value is -1.73. The van der Waals surface area contributed by atoms with Gasteiger partial charge in [0.05, 0.1) is 10.3 Å². The highest BCUT2D eigenvalue weighted by molar-refractivity contribution is 7.89. The first-order valence-corrected chi connectivity index (χ1v) is 10.3. The van der Waals surface area contributed by atoms with Gasteiger partial charge in [-0.3, -0.25) is 0 Å². The smallest absolute Gasteiger partial charge is 0.243 e. The van der Waals surface area contributed by atoms with Crippen molar-refractivity contribution in [2.75, 3.05) is 13.1 Å². The summed E-state index contributed by atoms with van der Waals surface area (Å²) < 4.78 is 33.4. The van der Waals surface area contributed by atoms with Gasteiger partial charge in [0.25, 0.3) is 0 Å².